The van der Waals surface area contributed by atoms with E-state index >= 15 is 0 Å². The zero-order chi connectivity index (χ0) is 28.2. The topological polar surface area (TPSA) is 29.5 Å². The number of ketones is 1. The Labute approximate surface area is 239 Å². The van der Waals surface area contributed by atoms with E-state index < -0.39 is 0 Å². The fourth-order valence-corrected chi connectivity index (χ4v) is 4.69. The summed E-state index contributed by atoms with van der Waals surface area (Å²) in [6.07, 6.45) is 8.42. The first kappa shape index (κ1) is 28.6. The molecular formula is C37H39NO2. The fourth-order valence-electron chi connectivity index (χ4n) is 4.69. The molecule has 0 amide bonds. The molecule has 0 atom stereocenters. The standard InChI is InChI=1S/C37H39NO2/c1-4-29-12-20-33(21-13-29)38(34-22-14-31(15-23-34)9-7-11-36(39)6-3)35-24-16-32(17-25-35)10-8-28-40-37-26-18-30(5-2)19-27-37/h5-6,12-27H,2-4,7-11,28H2,1H3. The van der Waals surface area contributed by atoms with Crippen molar-refractivity contribution in [1.82, 2.24) is 0 Å². The summed E-state index contributed by atoms with van der Waals surface area (Å²) in [4.78, 5) is 13.8. The summed E-state index contributed by atoms with van der Waals surface area (Å²) in [5, 5.41) is 0. The number of benzene rings is 4. The molecule has 4 aromatic rings. The molecule has 0 radical (unpaired) electrons. The van der Waals surface area contributed by atoms with Crippen molar-refractivity contribution in [2.75, 3.05) is 11.5 Å². The van der Waals surface area contributed by atoms with Gasteiger partial charge in [0.2, 0.25) is 0 Å². The molecular weight excluding hydrogens is 490 g/mol. The highest BCUT2D eigenvalue weighted by Crippen LogP contribution is 2.35. The Morgan fingerprint density at radius 1 is 0.700 bits per heavy atom. The Hall–Kier alpha value is -4.37. The van der Waals surface area contributed by atoms with Crippen molar-refractivity contribution in [2.45, 2.75) is 45.4 Å². The predicted molar refractivity (Wildman–Crippen MR) is 169 cm³/mol. The molecule has 40 heavy (non-hydrogen) atoms. The Bertz CT molecular complexity index is 1370. The number of allylic oxidation sites excluding steroid dienone is 1. The number of hydrogen-bond donors (Lipinski definition) is 0. The van der Waals surface area contributed by atoms with Gasteiger partial charge in [0, 0.05) is 23.5 Å². The van der Waals surface area contributed by atoms with Gasteiger partial charge < -0.3 is 9.64 Å². The van der Waals surface area contributed by atoms with Gasteiger partial charge >= 0.3 is 0 Å². The maximum Gasteiger partial charge on any atom is 0.155 e. The third-order valence-electron chi connectivity index (χ3n) is 7.10. The van der Waals surface area contributed by atoms with E-state index in [1.807, 2.05) is 30.3 Å². The van der Waals surface area contributed by atoms with Crippen LogP contribution in [0.4, 0.5) is 17.1 Å². The molecule has 3 nitrogen and oxygen atoms in total. The Morgan fingerprint density at radius 3 is 1.68 bits per heavy atom. The Morgan fingerprint density at radius 2 is 1.20 bits per heavy atom. The van der Waals surface area contributed by atoms with Crippen molar-refractivity contribution >= 4 is 28.9 Å². The van der Waals surface area contributed by atoms with E-state index in [1.165, 1.54) is 22.8 Å². The van der Waals surface area contributed by atoms with E-state index in [4.69, 9.17) is 4.74 Å². The first-order chi connectivity index (χ1) is 19.6. The van der Waals surface area contributed by atoms with Crippen molar-refractivity contribution in [3.63, 3.8) is 0 Å². The monoisotopic (exact) mass is 529 g/mol. The number of ether oxygens (including phenoxy) is 1. The van der Waals surface area contributed by atoms with E-state index in [0.29, 0.717) is 13.0 Å². The SMILES string of the molecule is C=CC(=O)CCCc1ccc(N(c2ccc(CC)cc2)c2ccc(CCCOc3ccc(C=C)cc3)cc2)cc1. The van der Waals surface area contributed by atoms with Gasteiger partial charge in [-0.25, -0.2) is 0 Å². The molecule has 0 aliphatic carbocycles. The minimum Gasteiger partial charge on any atom is -0.494 e. The second-order valence-electron chi connectivity index (χ2n) is 9.94. The molecule has 0 unspecified atom stereocenters. The van der Waals surface area contributed by atoms with Crippen molar-refractivity contribution < 1.29 is 9.53 Å². The van der Waals surface area contributed by atoms with Crippen LogP contribution in [0.2, 0.25) is 0 Å². The summed E-state index contributed by atoms with van der Waals surface area (Å²) in [6, 6.07) is 34.3. The third-order valence-corrected chi connectivity index (χ3v) is 7.10. The molecule has 0 fully saturated rings. The summed E-state index contributed by atoms with van der Waals surface area (Å²) in [6.45, 7) is 10.2. The molecule has 0 aromatic heterocycles. The van der Waals surface area contributed by atoms with E-state index in [9.17, 15) is 4.79 Å². The molecule has 0 bridgehead atoms. The molecule has 4 aromatic carbocycles. The molecule has 0 heterocycles. The first-order valence-electron chi connectivity index (χ1n) is 14.2. The number of anilines is 3. The smallest absolute Gasteiger partial charge is 0.155 e. The van der Waals surface area contributed by atoms with Gasteiger partial charge in [0.05, 0.1) is 6.61 Å². The molecule has 0 spiro atoms. The second kappa shape index (κ2) is 14.7. The van der Waals surface area contributed by atoms with Gasteiger partial charge in [0.1, 0.15) is 5.75 Å². The van der Waals surface area contributed by atoms with Gasteiger partial charge in [-0.05, 0) is 109 Å². The van der Waals surface area contributed by atoms with Crippen LogP contribution in [0.1, 0.15) is 48.4 Å². The first-order valence-corrected chi connectivity index (χ1v) is 14.2. The number of rotatable bonds is 15. The van der Waals surface area contributed by atoms with E-state index in [0.717, 1.165) is 60.5 Å². The summed E-state index contributed by atoms with van der Waals surface area (Å²) < 4.78 is 5.91. The van der Waals surface area contributed by atoms with Crippen LogP contribution in [0.25, 0.3) is 6.08 Å². The van der Waals surface area contributed by atoms with E-state index in [2.05, 4.69) is 97.8 Å². The van der Waals surface area contributed by atoms with E-state index in [-0.39, 0.29) is 5.78 Å². The van der Waals surface area contributed by atoms with Crippen LogP contribution in [0.5, 0.6) is 5.75 Å². The number of hydrogen-bond acceptors (Lipinski definition) is 3. The molecule has 0 saturated heterocycles. The van der Waals surface area contributed by atoms with Crippen LogP contribution in [0.3, 0.4) is 0 Å². The average molecular weight is 530 g/mol. The van der Waals surface area contributed by atoms with Gasteiger partial charge in [-0.2, -0.15) is 0 Å². The van der Waals surface area contributed by atoms with Gasteiger partial charge in [-0.15, -0.1) is 0 Å². The highest BCUT2D eigenvalue weighted by Gasteiger charge is 2.13. The van der Waals surface area contributed by atoms with Crippen LogP contribution in [0.15, 0.2) is 116 Å². The summed E-state index contributed by atoms with van der Waals surface area (Å²) in [5.74, 6) is 0.995. The number of carbonyl (C=O) groups is 1. The second-order valence-corrected chi connectivity index (χ2v) is 9.94. The normalized spacial score (nSPS) is 10.6. The molecule has 0 saturated carbocycles. The molecule has 0 aliphatic rings. The van der Waals surface area contributed by atoms with Crippen molar-refractivity contribution in [3.05, 3.63) is 139 Å². The van der Waals surface area contributed by atoms with E-state index in [1.54, 1.807) is 0 Å². The van der Waals surface area contributed by atoms with Crippen molar-refractivity contribution in [1.29, 1.82) is 0 Å². The van der Waals surface area contributed by atoms with Crippen LogP contribution in [-0.2, 0) is 24.1 Å². The number of aryl methyl sites for hydroxylation is 3. The lowest BCUT2D eigenvalue weighted by Crippen LogP contribution is -2.10. The molecule has 3 heteroatoms. The third kappa shape index (κ3) is 8.07. The quantitative estimate of drug-likeness (QED) is 0.113. The lowest BCUT2D eigenvalue weighted by Gasteiger charge is -2.26. The number of nitrogens with zero attached hydrogens (tertiary/aromatic N) is 1. The van der Waals surface area contributed by atoms with Gasteiger partial charge in [0.25, 0.3) is 0 Å². The van der Waals surface area contributed by atoms with Crippen LogP contribution in [-0.4, -0.2) is 12.4 Å². The number of carbonyl (C=O) groups excluding carboxylic acids is 1. The molecule has 204 valence electrons. The zero-order valence-electron chi connectivity index (χ0n) is 23.5. The van der Waals surface area contributed by atoms with Crippen molar-refractivity contribution in [3.8, 4) is 5.75 Å². The van der Waals surface area contributed by atoms with Gasteiger partial charge in [-0.3, -0.25) is 4.79 Å². The van der Waals surface area contributed by atoms with Crippen molar-refractivity contribution in [2.24, 2.45) is 0 Å². The lowest BCUT2D eigenvalue weighted by molar-refractivity contribution is -0.114. The minimum atomic E-state index is 0.104. The molecule has 0 aliphatic heterocycles. The Balaban J connectivity index is 1.43. The summed E-state index contributed by atoms with van der Waals surface area (Å²) >= 11 is 0. The Kier molecular flexibility index (Phi) is 10.5. The minimum absolute atomic E-state index is 0.104. The van der Waals surface area contributed by atoms with Crippen LogP contribution < -0.4 is 9.64 Å². The highest BCUT2D eigenvalue weighted by atomic mass is 16.5. The molecule has 4 rings (SSSR count). The highest BCUT2D eigenvalue weighted by molar-refractivity contribution is 5.88. The predicted octanol–water partition coefficient (Wildman–Crippen LogP) is 9.45. The average Bonchev–Trinajstić information content (AvgIpc) is 3.01. The maximum atomic E-state index is 11.5. The van der Waals surface area contributed by atoms with Crippen LogP contribution in [0, 0.1) is 0 Å². The van der Waals surface area contributed by atoms with Gasteiger partial charge in [-0.1, -0.05) is 74.7 Å². The molecule has 0 N–H and O–H groups in total. The lowest BCUT2D eigenvalue weighted by atomic mass is 10.0. The fraction of sp³-hybridized carbons (Fsp3) is 0.216. The van der Waals surface area contributed by atoms with Crippen LogP contribution >= 0.6 is 0 Å². The largest absolute Gasteiger partial charge is 0.494 e. The van der Waals surface area contributed by atoms with Gasteiger partial charge in [0.15, 0.2) is 5.78 Å². The maximum absolute atomic E-state index is 11.5. The summed E-state index contributed by atoms with van der Waals surface area (Å²) in [5.41, 5.74) is 8.30. The summed E-state index contributed by atoms with van der Waals surface area (Å²) in [7, 11) is 0. The zero-order valence-corrected chi connectivity index (χ0v) is 23.5.